The molecule has 4 aliphatic carbocycles. The summed E-state index contributed by atoms with van der Waals surface area (Å²) < 4.78 is 12.1. The van der Waals surface area contributed by atoms with Gasteiger partial charge in [0, 0.05) is 13.0 Å². The fourth-order valence-corrected chi connectivity index (χ4v) is 8.04. The van der Waals surface area contributed by atoms with E-state index in [0.29, 0.717) is 18.4 Å². The largest absolute Gasteiger partial charge is 0.392 e. The molecule has 4 bridgehead atoms. The second kappa shape index (κ2) is 4.99. The SMILES string of the molecule is C=C1C(=O)[C@@]23[C@@H]4C[C@@H]5C(C)(C)CC[C@H](O)[C@@]5(C(OC)O4)[C@@H]2CC[C@@H]1[C@H]3O. The van der Waals surface area contributed by atoms with Crippen molar-refractivity contribution in [3.05, 3.63) is 12.2 Å². The van der Waals surface area contributed by atoms with Crippen molar-refractivity contribution in [1.82, 2.24) is 0 Å². The van der Waals surface area contributed by atoms with Crippen molar-refractivity contribution < 1.29 is 24.5 Å². The highest BCUT2D eigenvalue weighted by molar-refractivity contribution is 6.04. The van der Waals surface area contributed by atoms with E-state index in [1.54, 1.807) is 7.11 Å². The maximum atomic E-state index is 13.4. The number of aliphatic hydroxyl groups is 2. The molecule has 1 unspecified atom stereocenters. The Kier molecular flexibility index (Phi) is 3.33. The van der Waals surface area contributed by atoms with E-state index in [9.17, 15) is 15.0 Å². The van der Waals surface area contributed by atoms with Gasteiger partial charge in [-0.05, 0) is 54.9 Å². The standard InChI is InChI=1S/C21H30O5/c1-10-11-5-6-12-20-13(19(2,3)8-7-14(20)22)9-15(26-18(20)25-4)21(12,16(10)23)17(11)24/h11-15,17-18,22,24H,1,5-9H2,2-4H3/t11-,12-,13+,14-,15-,17+,18?,20+,21-/m0/s1. The van der Waals surface area contributed by atoms with E-state index in [2.05, 4.69) is 20.4 Å². The molecule has 0 aromatic carbocycles. The minimum Gasteiger partial charge on any atom is -0.392 e. The molecule has 26 heavy (non-hydrogen) atoms. The summed E-state index contributed by atoms with van der Waals surface area (Å²) in [6, 6.07) is 0. The van der Waals surface area contributed by atoms with Crippen LogP contribution in [0.5, 0.6) is 0 Å². The molecule has 5 nitrogen and oxygen atoms in total. The Labute approximate surface area is 154 Å². The fourth-order valence-electron chi connectivity index (χ4n) is 8.04. The number of Topliss-reactive ketones (excluding diaryl/α,β-unsaturated/α-hetero) is 1. The van der Waals surface area contributed by atoms with E-state index in [4.69, 9.17) is 9.47 Å². The second-order valence-corrected chi connectivity index (χ2v) is 9.99. The molecule has 2 N–H and O–H groups in total. The van der Waals surface area contributed by atoms with Gasteiger partial charge in [0.1, 0.15) is 0 Å². The van der Waals surface area contributed by atoms with Crippen LogP contribution in [0, 0.1) is 34.0 Å². The molecule has 4 saturated carbocycles. The number of aliphatic hydroxyl groups excluding tert-OH is 2. The normalized spacial score (nSPS) is 57.0. The Morgan fingerprint density at radius 3 is 2.62 bits per heavy atom. The molecule has 6 aliphatic rings. The summed E-state index contributed by atoms with van der Waals surface area (Å²) >= 11 is 0. The number of ether oxygens (including phenoxy) is 2. The van der Waals surface area contributed by atoms with Crippen LogP contribution in [-0.2, 0) is 14.3 Å². The van der Waals surface area contributed by atoms with Crippen molar-refractivity contribution in [3.8, 4) is 0 Å². The smallest absolute Gasteiger partial charge is 0.170 e. The van der Waals surface area contributed by atoms with Crippen LogP contribution in [0.2, 0.25) is 0 Å². The molecule has 6 fully saturated rings. The number of rotatable bonds is 1. The van der Waals surface area contributed by atoms with Crippen LogP contribution in [-0.4, -0.2) is 47.7 Å². The number of carbonyl (C=O) groups excluding carboxylic acids is 1. The van der Waals surface area contributed by atoms with Crippen molar-refractivity contribution in [2.45, 2.75) is 70.6 Å². The van der Waals surface area contributed by atoms with Crippen molar-refractivity contribution in [2.75, 3.05) is 7.11 Å². The van der Waals surface area contributed by atoms with E-state index in [-0.39, 0.29) is 35.1 Å². The Balaban J connectivity index is 1.76. The maximum absolute atomic E-state index is 13.4. The van der Waals surface area contributed by atoms with Gasteiger partial charge in [0.25, 0.3) is 0 Å². The van der Waals surface area contributed by atoms with Crippen molar-refractivity contribution >= 4 is 5.78 Å². The third-order valence-corrected chi connectivity index (χ3v) is 9.03. The number of ketones is 1. The lowest BCUT2D eigenvalue weighted by Crippen LogP contribution is -2.79. The Morgan fingerprint density at radius 2 is 1.92 bits per heavy atom. The van der Waals surface area contributed by atoms with Gasteiger partial charge in [-0.3, -0.25) is 4.79 Å². The molecule has 2 saturated heterocycles. The predicted molar refractivity (Wildman–Crippen MR) is 94.0 cm³/mol. The molecule has 0 amide bonds. The van der Waals surface area contributed by atoms with Crippen LogP contribution in [0.15, 0.2) is 12.2 Å². The van der Waals surface area contributed by atoms with E-state index in [1.807, 2.05) is 0 Å². The quantitative estimate of drug-likeness (QED) is 0.699. The van der Waals surface area contributed by atoms with Crippen LogP contribution in [0.25, 0.3) is 0 Å². The van der Waals surface area contributed by atoms with Gasteiger partial charge in [-0.1, -0.05) is 20.4 Å². The zero-order chi connectivity index (χ0) is 18.6. The van der Waals surface area contributed by atoms with Gasteiger partial charge in [0.15, 0.2) is 12.1 Å². The molecule has 144 valence electrons. The zero-order valence-electron chi connectivity index (χ0n) is 15.9. The highest BCUT2D eigenvalue weighted by Gasteiger charge is 2.81. The predicted octanol–water partition coefficient (Wildman–Crippen LogP) is 2.06. The Bertz CT molecular complexity index is 686. The summed E-state index contributed by atoms with van der Waals surface area (Å²) in [5.41, 5.74) is -0.986. The van der Waals surface area contributed by atoms with Gasteiger partial charge in [0.05, 0.1) is 29.1 Å². The summed E-state index contributed by atoms with van der Waals surface area (Å²) in [4.78, 5) is 13.4. The average molecular weight is 362 g/mol. The van der Waals surface area contributed by atoms with Crippen LogP contribution in [0.1, 0.15) is 46.0 Å². The van der Waals surface area contributed by atoms with Crippen molar-refractivity contribution in [2.24, 2.45) is 34.0 Å². The first-order valence-corrected chi connectivity index (χ1v) is 10.0. The third kappa shape index (κ3) is 1.55. The van der Waals surface area contributed by atoms with Crippen LogP contribution >= 0.6 is 0 Å². The molecule has 0 radical (unpaired) electrons. The summed E-state index contributed by atoms with van der Waals surface area (Å²) in [7, 11) is 1.63. The van der Waals surface area contributed by atoms with Crippen molar-refractivity contribution in [1.29, 1.82) is 0 Å². The fraction of sp³-hybridized carbons (Fsp3) is 0.857. The van der Waals surface area contributed by atoms with Gasteiger partial charge in [-0.2, -0.15) is 0 Å². The minimum absolute atomic E-state index is 0.0227. The van der Waals surface area contributed by atoms with Gasteiger partial charge >= 0.3 is 0 Å². The van der Waals surface area contributed by atoms with E-state index < -0.39 is 29.3 Å². The second-order valence-electron chi connectivity index (χ2n) is 9.99. The van der Waals surface area contributed by atoms with Gasteiger partial charge in [-0.25, -0.2) is 0 Å². The molecule has 5 heteroatoms. The summed E-state index contributed by atoms with van der Waals surface area (Å²) in [6.45, 7) is 8.56. The zero-order valence-corrected chi connectivity index (χ0v) is 15.9. The van der Waals surface area contributed by atoms with E-state index >= 15 is 0 Å². The lowest BCUT2D eigenvalue weighted by atomic mass is 9.37. The lowest BCUT2D eigenvalue weighted by Gasteiger charge is -2.72. The average Bonchev–Trinajstić information content (AvgIpc) is 2.73. The van der Waals surface area contributed by atoms with Gasteiger partial charge in [-0.15, -0.1) is 0 Å². The highest BCUT2D eigenvalue weighted by Crippen LogP contribution is 2.75. The van der Waals surface area contributed by atoms with Crippen LogP contribution in [0.4, 0.5) is 0 Å². The third-order valence-electron chi connectivity index (χ3n) is 9.03. The van der Waals surface area contributed by atoms with E-state index in [1.165, 1.54) is 0 Å². The molecular formula is C21H30O5. The Morgan fingerprint density at radius 1 is 1.19 bits per heavy atom. The highest BCUT2D eigenvalue weighted by atomic mass is 16.7. The molecule has 0 aromatic heterocycles. The van der Waals surface area contributed by atoms with Crippen LogP contribution in [0.3, 0.4) is 0 Å². The molecule has 9 atom stereocenters. The molecular weight excluding hydrogens is 332 g/mol. The molecule has 2 spiro atoms. The first-order chi connectivity index (χ1) is 12.2. The number of hydrogen-bond acceptors (Lipinski definition) is 5. The van der Waals surface area contributed by atoms with Gasteiger partial charge < -0.3 is 19.7 Å². The topological polar surface area (TPSA) is 76.0 Å². The number of methoxy groups -OCH3 is 1. The van der Waals surface area contributed by atoms with E-state index in [0.717, 1.165) is 19.3 Å². The number of carbonyl (C=O) groups is 1. The van der Waals surface area contributed by atoms with Crippen LogP contribution < -0.4 is 0 Å². The number of fused-ring (bicyclic) bond motifs is 2. The summed E-state index contributed by atoms with van der Waals surface area (Å²) in [5.74, 6) is -0.0924. The van der Waals surface area contributed by atoms with Gasteiger partial charge in [0.2, 0.25) is 0 Å². The maximum Gasteiger partial charge on any atom is 0.170 e. The molecule has 0 aromatic rings. The molecule has 2 heterocycles. The first-order valence-electron chi connectivity index (χ1n) is 10.0. The minimum atomic E-state index is -0.945. The summed E-state index contributed by atoms with van der Waals surface area (Å²) in [5, 5.41) is 22.6. The first kappa shape index (κ1) is 17.4. The lowest BCUT2D eigenvalue weighted by molar-refractivity contribution is -0.405. The summed E-state index contributed by atoms with van der Waals surface area (Å²) in [6.07, 6.45) is 1.68. The number of hydrogen-bond donors (Lipinski definition) is 2. The molecule has 6 rings (SSSR count). The molecule has 2 aliphatic heterocycles. The van der Waals surface area contributed by atoms with Crippen molar-refractivity contribution in [3.63, 3.8) is 0 Å². The monoisotopic (exact) mass is 362 g/mol. The Hall–Kier alpha value is -0.750.